The second-order valence-electron chi connectivity index (χ2n) is 3.92. The number of benzene rings is 1. The molecule has 90 valence electrons. The minimum Gasteiger partial charge on any atom is -0.305 e. The van der Waals surface area contributed by atoms with Crippen molar-refractivity contribution in [3.05, 3.63) is 35.9 Å². The maximum absolute atomic E-state index is 11.6. The van der Waals surface area contributed by atoms with Crippen molar-refractivity contribution in [2.24, 2.45) is 4.99 Å². The summed E-state index contributed by atoms with van der Waals surface area (Å²) >= 11 is 1.62. The van der Waals surface area contributed by atoms with Crippen LogP contribution in [-0.4, -0.2) is 23.4 Å². The minimum absolute atomic E-state index is 0.0779. The summed E-state index contributed by atoms with van der Waals surface area (Å²) in [7, 11) is 0. The molecule has 0 unspecified atom stereocenters. The molecule has 0 saturated heterocycles. The van der Waals surface area contributed by atoms with Gasteiger partial charge in [-0.1, -0.05) is 42.1 Å². The summed E-state index contributed by atoms with van der Waals surface area (Å²) in [6, 6.07) is 10.2. The third kappa shape index (κ3) is 4.23. The van der Waals surface area contributed by atoms with E-state index in [-0.39, 0.29) is 5.91 Å². The van der Waals surface area contributed by atoms with E-state index in [0.29, 0.717) is 6.42 Å². The SMILES string of the molecule is O=C(CCCc1ccccc1)NC1=NCCS1. The molecule has 0 fully saturated rings. The lowest BCUT2D eigenvalue weighted by Gasteiger charge is -2.03. The Labute approximate surface area is 106 Å². The highest BCUT2D eigenvalue weighted by Crippen LogP contribution is 2.09. The standard InChI is InChI=1S/C13H16N2OS/c16-12(15-13-14-9-10-17-13)8-4-7-11-5-2-1-3-6-11/h1-3,5-6H,4,7-10H2,(H,14,15,16). The van der Waals surface area contributed by atoms with Crippen LogP contribution in [0.5, 0.6) is 0 Å². The summed E-state index contributed by atoms with van der Waals surface area (Å²) < 4.78 is 0. The van der Waals surface area contributed by atoms with Gasteiger partial charge in [0.2, 0.25) is 5.91 Å². The van der Waals surface area contributed by atoms with Crippen molar-refractivity contribution in [1.82, 2.24) is 5.32 Å². The smallest absolute Gasteiger partial charge is 0.225 e. The molecule has 0 radical (unpaired) electrons. The molecule has 1 aromatic carbocycles. The number of aryl methyl sites for hydroxylation is 1. The van der Waals surface area contributed by atoms with Crippen LogP contribution in [-0.2, 0) is 11.2 Å². The molecule has 1 aliphatic heterocycles. The molecule has 0 bridgehead atoms. The van der Waals surface area contributed by atoms with Gasteiger partial charge in [0, 0.05) is 12.2 Å². The Balaban J connectivity index is 1.66. The first-order valence-electron chi connectivity index (χ1n) is 5.85. The number of hydrogen-bond donors (Lipinski definition) is 1. The molecule has 0 atom stereocenters. The molecular weight excluding hydrogens is 232 g/mol. The van der Waals surface area contributed by atoms with Crippen molar-refractivity contribution < 1.29 is 4.79 Å². The van der Waals surface area contributed by atoms with Crippen molar-refractivity contribution in [2.45, 2.75) is 19.3 Å². The Morgan fingerprint density at radius 3 is 2.88 bits per heavy atom. The van der Waals surface area contributed by atoms with Gasteiger partial charge in [0.1, 0.15) is 0 Å². The second-order valence-corrected chi connectivity index (χ2v) is 5.01. The zero-order valence-electron chi connectivity index (χ0n) is 9.69. The largest absolute Gasteiger partial charge is 0.305 e. The first-order valence-corrected chi connectivity index (χ1v) is 6.84. The van der Waals surface area contributed by atoms with Crippen LogP contribution in [0.1, 0.15) is 18.4 Å². The predicted octanol–water partition coefficient (Wildman–Crippen LogP) is 2.23. The Bertz CT molecular complexity index is 403. The molecule has 17 heavy (non-hydrogen) atoms. The van der Waals surface area contributed by atoms with Gasteiger partial charge in [0.05, 0.1) is 6.54 Å². The van der Waals surface area contributed by atoms with Gasteiger partial charge in [-0.15, -0.1) is 0 Å². The van der Waals surface area contributed by atoms with E-state index in [1.165, 1.54) is 5.56 Å². The molecule has 1 aliphatic rings. The lowest BCUT2D eigenvalue weighted by atomic mass is 10.1. The van der Waals surface area contributed by atoms with Crippen molar-refractivity contribution in [3.63, 3.8) is 0 Å². The summed E-state index contributed by atoms with van der Waals surface area (Å²) in [5, 5.41) is 3.63. The fourth-order valence-electron chi connectivity index (χ4n) is 1.69. The normalized spacial score (nSPS) is 14.5. The Morgan fingerprint density at radius 2 is 2.18 bits per heavy atom. The van der Waals surface area contributed by atoms with Crippen molar-refractivity contribution in [3.8, 4) is 0 Å². The van der Waals surface area contributed by atoms with Gasteiger partial charge in [-0.25, -0.2) is 0 Å². The zero-order chi connectivity index (χ0) is 11.9. The summed E-state index contributed by atoms with van der Waals surface area (Å²) in [6.45, 7) is 0.824. The van der Waals surface area contributed by atoms with Gasteiger partial charge in [-0.05, 0) is 18.4 Å². The van der Waals surface area contributed by atoms with Crippen LogP contribution in [0.4, 0.5) is 0 Å². The van der Waals surface area contributed by atoms with Crippen LogP contribution in [0, 0.1) is 0 Å². The zero-order valence-corrected chi connectivity index (χ0v) is 10.5. The van der Waals surface area contributed by atoms with Gasteiger partial charge in [-0.3, -0.25) is 9.79 Å². The second kappa shape index (κ2) is 6.45. The molecule has 0 spiro atoms. The highest BCUT2D eigenvalue weighted by molar-refractivity contribution is 8.14. The van der Waals surface area contributed by atoms with E-state index in [0.717, 1.165) is 30.3 Å². The first-order chi connectivity index (χ1) is 8.34. The number of aliphatic imine (C=N–C) groups is 1. The summed E-state index contributed by atoms with van der Waals surface area (Å²) in [6.07, 6.45) is 2.40. The Kier molecular flexibility index (Phi) is 4.62. The fourth-order valence-corrected chi connectivity index (χ4v) is 2.43. The van der Waals surface area contributed by atoms with E-state index >= 15 is 0 Å². The van der Waals surface area contributed by atoms with E-state index in [1.54, 1.807) is 11.8 Å². The molecule has 2 rings (SSSR count). The maximum atomic E-state index is 11.6. The summed E-state index contributed by atoms with van der Waals surface area (Å²) in [5.74, 6) is 1.06. The third-order valence-electron chi connectivity index (χ3n) is 2.54. The number of nitrogens with zero attached hydrogens (tertiary/aromatic N) is 1. The predicted molar refractivity (Wildman–Crippen MR) is 72.3 cm³/mol. The lowest BCUT2D eigenvalue weighted by molar-refractivity contribution is -0.119. The molecule has 1 N–H and O–H groups in total. The van der Waals surface area contributed by atoms with Crippen LogP contribution in [0.15, 0.2) is 35.3 Å². The number of amidine groups is 1. The Hall–Kier alpha value is -1.29. The molecule has 3 nitrogen and oxygen atoms in total. The minimum atomic E-state index is 0.0779. The quantitative estimate of drug-likeness (QED) is 0.887. The molecule has 1 heterocycles. The third-order valence-corrected chi connectivity index (χ3v) is 3.44. The van der Waals surface area contributed by atoms with Gasteiger partial charge < -0.3 is 5.32 Å². The topological polar surface area (TPSA) is 41.5 Å². The molecule has 0 aliphatic carbocycles. The van der Waals surface area contributed by atoms with Crippen molar-refractivity contribution in [1.29, 1.82) is 0 Å². The fraction of sp³-hybridized carbons (Fsp3) is 0.385. The van der Waals surface area contributed by atoms with Crippen LogP contribution >= 0.6 is 11.8 Å². The highest BCUT2D eigenvalue weighted by Gasteiger charge is 2.10. The number of rotatable bonds is 4. The molecule has 1 aromatic rings. The summed E-state index contributed by atoms with van der Waals surface area (Å²) in [4.78, 5) is 15.8. The van der Waals surface area contributed by atoms with Crippen molar-refractivity contribution in [2.75, 3.05) is 12.3 Å². The number of thioether (sulfide) groups is 1. The number of amides is 1. The molecule has 0 saturated carbocycles. The van der Waals surface area contributed by atoms with Crippen molar-refractivity contribution >= 4 is 22.8 Å². The highest BCUT2D eigenvalue weighted by atomic mass is 32.2. The van der Waals surface area contributed by atoms with Gasteiger partial charge in [-0.2, -0.15) is 0 Å². The molecule has 0 aromatic heterocycles. The average Bonchev–Trinajstić information content (AvgIpc) is 2.83. The van der Waals surface area contributed by atoms with Crippen LogP contribution < -0.4 is 5.32 Å². The van der Waals surface area contributed by atoms with Crippen LogP contribution in [0.25, 0.3) is 0 Å². The number of nitrogens with one attached hydrogen (secondary N) is 1. The van der Waals surface area contributed by atoms with Crippen LogP contribution in [0.3, 0.4) is 0 Å². The van der Waals surface area contributed by atoms with E-state index in [2.05, 4.69) is 22.4 Å². The van der Waals surface area contributed by atoms with Crippen LogP contribution in [0.2, 0.25) is 0 Å². The van der Waals surface area contributed by atoms with E-state index in [4.69, 9.17) is 0 Å². The molecule has 1 amide bonds. The number of hydrogen-bond acceptors (Lipinski definition) is 3. The van der Waals surface area contributed by atoms with Gasteiger partial charge >= 0.3 is 0 Å². The van der Waals surface area contributed by atoms with Gasteiger partial charge in [0.25, 0.3) is 0 Å². The first kappa shape index (κ1) is 12.2. The van der Waals surface area contributed by atoms with Gasteiger partial charge in [0.15, 0.2) is 5.17 Å². The lowest BCUT2D eigenvalue weighted by Crippen LogP contribution is -2.27. The Morgan fingerprint density at radius 1 is 1.35 bits per heavy atom. The van der Waals surface area contributed by atoms with E-state index < -0.39 is 0 Å². The maximum Gasteiger partial charge on any atom is 0.225 e. The molecular formula is C13H16N2OS. The number of carbonyl (C=O) groups excluding carboxylic acids is 1. The van der Waals surface area contributed by atoms with E-state index in [1.807, 2.05) is 18.2 Å². The summed E-state index contributed by atoms with van der Waals surface area (Å²) in [5.41, 5.74) is 1.29. The average molecular weight is 248 g/mol. The monoisotopic (exact) mass is 248 g/mol. The van der Waals surface area contributed by atoms with E-state index in [9.17, 15) is 4.79 Å². The number of carbonyl (C=O) groups is 1. The molecule has 4 heteroatoms.